The van der Waals surface area contributed by atoms with Crippen molar-refractivity contribution in [3.05, 3.63) is 119 Å². The predicted molar refractivity (Wildman–Crippen MR) is 174 cm³/mol. The second kappa shape index (κ2) is 14.2. The molecule has 0 fully saturated rings. The van der Waals surface area contributed by atoms with E-state index < -0.39 is 20.3 Å². The summed E-state index contributed by atoms with van der Waals surface area (Å²) in [5.74, 6) is 0. The molecule has 0 atom stereocenters. The van der Waals surface area contributed by atoms with Crippen LogP contribution < -0.4 is 13.1 Å². The third-order valence-electron chi connectivity index (χ3n) is 7.63. The Kier molecular flexibility index (Phi) is 10.9. The zero-order chi connectivity index (χ0) is 29.6. The molecule has 0 spiro atoms. The van der Waals surface area contributed by atoms with Gasteiger partial charge in [-0.25, -0.2) is 0 Å². The van der Waals surface area contributed by atoms with E-state index in [2.05, 4.69) is 173 Å². The Hall–Kier alpha value is -2.40. The van der Waals surface area contributed by atoms with Crippen LogP contribution in [0.15, 0.2) is 97.1 Å². The Bertz CT molecular complexity index is 1210. The van der Waals surface area contributed by atoms with Crippen molar-refractivity contribution in [2.45, 2.75) is 26.2 Å². The minimum atomic E-state index is -4.04. The Morgan fingerprint density at radius 3 is 0.732 bits per heavy atom. The van der Waals surface area contributed by atoms with E-state index in [0.29, 0.717) is 0 Å². The maximum atomic E-state index is 2.47. The minimum absolute atomic E-state index is 0.913. The summed E-state index contributed by atoms with van der Waals surface area (Å²) in [5, 5.41) is 0. The van der Waals surface area contributed by atoms with E-state index in [4.69, 9.17) is 0 Å². The molecule has 0 amide bonds. The van der Waals surface area contributed by atoms with Gasteiger partial charge in [0, 0.05) is 0 Å². The summed E-state index contributed by atoms with van der Waals surface area (Å²) in [5.41, 5.74) is 5.75. The molecule has 0 saturated carbocycles. The third-order valence-corrected chi connectivity index (χ3v) is 20.4. The predicted octanol–water partition coefficient (Wildman–Crippen LogP) is 3.69. The zero-order valence-electron chi connectivity index (χ0n) is 26.4. The summed E-state index contributed by atoms with van der Waals surface area (Å²) in [6, 6.07) is 37.4. The first kappa shape index (κ1) is 31.5. The number of hydrogen-bond donors (Lipinski definition) is 0. The van der Waals surface area contributed by atoms with Crippen LogP contribution in [0.1, 0.15) is 22.3 Å². The van der Waals surface area contributed by atoms with Crippen LogP contribution in [0, 0.1) is 0 Å². The molecule has 0 N–H and O–H groups in total. The van der Waals surface area contributed by atoms with Crippen molar-refractivity contribution in [2.75, 3.05) is 56.4 Å². The SMILES string of the molecule is CN(C)Cc1cccc[c]1[Zr]([c]1ccccc1CN(C)C)([c]1ccccc1CN(C)C)[c]1ccccc1CN(C)C. The molecule has 0 bridgehead atoms. The van der Waals surface area contributed by atoms with Gasteiger partial charge in [-0.1, -0.05) is 0 Å². The van der Waals surface area contributed by atoms with Gasteiger partial charge in [-0.3, -0.25) is 0 Å². The van der Waals surface area contributed by atoms with Gasteiger partial charge in [-0.2, -0.15) is 0 Å². The number of rotatable bonds is 12. The Balaban J connectivity index is 2.29. The Morgan fingerprint density at radius 2 is 0.537 bits per heavy atom. The van der Waals surface area contributed by atoms with Crippen LogP contribution in [-0.4, -0.2) is 76.0 Å². The monoisotopic (exact) mass is 626 g/mol. The van der Waals surface area contributed by atoms with Crippen molar-refractivity contribution in [1.82, 2.24) is 19.6 Å². The van der Waals surface area contributed by atoms with Gasteiger partial charge in [0.15, 0.2) is 0 Å². The summed E-state index contributed by atoms with van der Waals surface area (Å²) in [4.78, 5) is 9.27. The first-order chi connectivity index (χ1) is 19.6. The first-order valence-corrected chi connectivity index (χ1v) is 19.5. The molecule has 0 heterocycles. The van der Waals surface area contributed by atoms with E-state index in [1.807, 2.05) is 0 Å². The molecule has 4 nitrogen and oxygen atoms in total. The molecule has 0 aromatic heterocycles. The molecule has 4 rings (SSSR count). The van der Waals surface area contributed by atoms with E-state index >= 15 is 0 Å². The van der Waals surface area contributed by atoms with Crippen LogP contribution in [0.5, 0.6) is 0 Å². The van der Waals surface area contributed by atoms with Gasteiger partial charge in [-0.05, 0) is 0 Å². The summed E-state index contributed by atoms with van der Waals surface area (Å²) in [6.45, 7) is 3.65. The van der Waals surface area contributed by atoms with Gasteiger partial charge in [0.1, 0.15) is 0 Å². The van der Waals surface area contributed by atoms with Crippen molar-refractivity contribution < 1.29 is 20.3 Å². The first-order valence-electron chi connectivity index (χ1n) is 14.6. The van der Waals surface area contributed by atoms with Crippen LogP contribution in [0.2, 0.25) is 0 Å². The van der Waals surface area contributed by atoms with E-state index in [1.54, 1.807) is 13.1 Å². The van der Waals surface area contributed by atoms with E-state index in [0.717, 1.165) is 26.2 Å². The van der Waals surface area contributed by atoms with Gasteiger partial charge in [0.25, 0.3) is 0 Å². The Morgan fingerprint density at radius 1 is 0.341 bits per heavy atom. The van der Waals surface area contributed by atoms with Crippen molar-refractivity contribution in [3.8, 4) is 0 Å². The van der Waals surface area contributed by atoms with Gasteiger partial charge in [0.2, 0.25) is 0 Å². The molecule has 4 aromatic rings. The molecule has 0 unspecified atom stereocenters. The fourth-order valence-electron chi connectivity index (χ4n) is 6.33. The zero-order valence-corrected chi connectivity index (χ0v) is 28.8. The van der Waals surface area contributed by atoms with Crippen molar-refractivity contribution in [2.24, 2.45) is 0 Å². The van der Waals surface area contributed by atoms with E-state index in [-0.39, 0.29) is 0 Å². The average molecular weight is 628 g/mol. The van der Waals surface area contributed by atoms with Crippen LogP contribution >= 0.6 is 0 Å². The number of hydrogen-bond acceptors (Lipinski definition) is 4. The summed E-state index contributed by atoms with van der Waals surface area (Å²) in [7, 11) is 17.5. The molecular formula is C36H48N4Zr. The molecule has 5 heteroatoms. The van der Waals surface area contributed by atoms with Gasteiger partial charge < -0.3 is 0 Å². The summed E-state index contributed by atoms with van der Waals surface area (Å²) in [6.07, 6.45) is 0. The molecule has 4 aromatic carbocycles. The van der Waals surface area contributed by atoms with Crippen molar-refractivity contribution >= 4 is 13.1 Å². The average Bonchev–Trinajstić information content (AvgIpc) is 2.91. The maximum absolute atomic E-state index is 4.04. The molecule has 0 aliphatic heterocycles. The van der Waals surface area contributed by atoms with Crippen LogP contribution in [0.3, 0.4) is 0 Å². The van der Waals surface area contributed by atoms with Crippen molar-refractivity contribution in [1.29, 1.82) is 0 Å². The summed E-state index contributed by atoms with van der Waals surface area (Å²) >= 11 is -4.04. The Labute approximate surface area is 253 Å². The second-order valence-electron chi connectivity index (χ2n) is 12.3. The molecule has 41 heavy (non-hydrogen) atoms. The van der Waals surface area contributed by atoms with Crippen LogP contribution in [0.4, 0.5) is 0 Å². The molecule has 0 aliphatic rings. The van der Waals surface area contributed by atoms with Crippen LogP contribution in [0.25, 0.3) is 0 Å². The van der Waals surface area contributed by atoms with Crippen LogP contribution in [-0.2, 0) is 46.4 Å². The topological polar surface area (TPSA) is 13.0 Å². The molecule has 0 aliphatic carbocycles. The second-order valence-corrected chi connectivity index (χ2v) is 21.3. The van der Waals surface area contributed by atoms with E-state index in [9.17, 15) is 0 Å². The fourth-order valence-corrected chi connectivity index (χ4v) is 20.3. The van der Waals surface area contributed by atoms with Gasteiger partial charge in [0.05, 0.1) is 0 Å². The molecule has 0 saturated heterocycles. The van der Waals surface area contributed by atoms with E-state index in [1.165, 1.54) is 22.3 Å². The standard InChI is InChI=1S/4C9H12N.Zr/c4*1-10(2)8-9-6-4-3-5-7-9;/h4*3-6H,8H2,1-2H3;. The summed E-state index contributed by atoms with van der Waals surface area (Å²) < 4.78 is 6.22. The normalized spacial score (nSPS) is 12.2. The number of benzene rings is 4. The quantitative estimate of drug-likeness (QED) is 0.238. The molecule has 0 radical (unpaired) electrons. The van der Waals surface area contributed by atoms with Crippen molar-refractivity contribution in [3.63, 3.8) is 0 Å². The fraction of sp³-hybridized carbons (Fsp3) is 0.333. The number of nitrogens with zero attached hydrogens (tertiary/aromatic N) is 4. The molecular weight excluding hydrogens is 580 g/mol. The van der Waals surface area contributed by atoms with Gasteiger partial charge in [-0.15, -0.1) is 0 Å². The third kappa shape index (κ3) is 7.16. The van der Waals surface area contributed by atoms with Gasteiger partial charge >= 0.3 is 255 Å². The molecule has 216 valence electrons.